The first-order chi connectivity index (χ1) is 12.3. The second kappa shape index (κ2) is 6.98. The molecule has 6 nitrogen and oxygen atoms in total. The van der Waals surface area contributed by atoms with E-state index in [0.717, 1.165) is 28.3 Å². The van der Waals surface area contributed by atoms with Gasteiger partial charge in [0, 0.05) is 6.42 Å². The summed E-state index contributed by atoms with van der Waals surface area (Å²) < 4.78 is 1.83. The van der Waals surface area contributed by atoms with Crippen molar-refractivity contribution in [1.29, 1.82) is 0 Å². The van der Waals surface area contributed by atoms with Crippen LogP contribution in [-0.2, 0) is 13.0 Å². The third-order valence-corrected chi connectivity index (χ3v) is 4.84. The summed E-state index contributed by atoms with van der Waals surface area (Å²) in [6, 6.07) is 12.4. The Hall–Kier alpha value is -2.80. The number of rotatable bonds is 6. The Balaban J connectivity index is 1.72. The van der Waals surface area contributed by atoms with Crippen molar-refractivity contribution in [3.05, 3.63) is 65.8 Å². The Kier molecular flexibility index (Phi) is 4.39. The van der Waals surface area contributed by atoms with Crippen LogP contribution in [0, 0.1) is 0 Å². The van der Waals surface area contributed by atoms with Gasteiger partial charge in [-0.3, -0.25) is 4.68 Å². The van der Waals surface area contributed by atoms with Gasteiger partial charge in [-0.15, -0.1) is 11.3 Å². The lowest BCUT2D eigenvalue weighted by atomic mass is 10.1. The highest BCUT2D eigenvalue weighted by Gasteiger charge is 2.16. The van der Waals surface area contributed by atoms with Gasteiger partial charge in [0.25, 0.3) is 0 Å². The van der Waals surface area contributed by atoms with Crippen molar-refractivity contribution in [3.8, 4) is 0 Å². The van der Waals surface area contributed by atoms with E-state index in [0.29, 0.717) is 6.54 Å². The molecule has 126 valence electrons. The normalized spacial score (nSPS) is 12.4. The molecule has 0 saturated heterocycles. The van der Waals surface area contributed by atoms with Gasteiger partial charge in [-0.1, -0.05) is 37.3 Å². The molecule has 25 heavy (non-hydrogen) atoms. The van der Waals surface area contributed by atoms with E-state index in [9.17, 15) is 0 Å². The monoisotopic (exact) mass is 350 g/mol. The first-order valence-corrected chi connectivity index (χ1v) is 9.09. The van der Waals surface area contributed by atoms with Crippen molar-refractivity contribution in [3.63, 3.8) is 0 Å². The second-order valence-corrected chi connectivity index (χ2v) is 6.60. The van der Waals surface area contributed by atoms with Crippen molar-refractivity contribution in [1.82, 2.24) is 24.7 Å². The number of nitrogens with zero attached hydrogens (tertiary/aromatic N) is 5. The van der Waals surface area contributed by atoms with Gasteiger partial charge < -0.3 is 5.32 Å². The Labute approximate surface area is 149 Å². The lowest BCUT2D eigenvalue weighted by Gasteiger charge is -2.20. The number of hydrogen-bond acceptors (Lipinski definition) is 6. The third-order valence-electron chi connectivity index (χ3n) is 4.04. The smallest absolute Gasteiger partial charge is 0.139 e. The molecule has 0 aliphatic rings. The fourth-order valence-electron chi connectivity index (χ4n) is 2.77. The molecule has 1 N–H and O–H groups in total. The Morgan fingerprint density at radius 2 is 2.04 bits per heavy atom. The molecule has 4 aromatic rings. The fourth-order valence-corrected chi connectivity index (χ4v) is 3.55. The van der Waals surface area contributed by atoms with Crippen molar-refractivity contribution in [2.45, 2.75) is 25.9 Å². The molecule has 0 fully saturated rings. The number of hydrogen-bond donors (Lipinski definition) is 1. The maximum Gasteiger partial charge on any atom is 0.139 e. The molecule has 1 unspecified atom stereocenters. The van der Waals surface area contributed by atoms with Gasteiger partial charge >= 0.3 is 0 Å². The minimum Gasteiger partial charge on any atom is -0.361 e. The van der Waals surface area contributed by atoms with Crippen molar-refractivity contribution >= 4 is 27.4 Å². The van der Waals surface area contributed by atoms with E-state index < -0.39 is 0 Å². The van der Waals surface area contributed by atoms with Crippen LogP contribution in [0.15, 0.2) is 54.4 Å². The summed E-state index contributed by atoms with van der Waals surface area (Å²) in [7, 11) is 0. The molecule has 4 rings (SSSR count). The molecule has 1 atom stereocenters. The number of nitrogens with one attached hydrogen (secondary N) is 1. The molecule has 0 radical (unpaired) electrons. The molecule has 0 aliphatic carbocycles. The zero-order valence-electron chi connectivity index (χ0n) is 13.8. The second-order valence-electron chi connectivity index (χ2n) is 5.71. The lowest BCUT2D eigenvalue weighted by molar-refractivity contribution is 0.549. The molecule has 7 heteroatoms. The van der Waals surface area contributed by atoms with E-state index in [1.54, 1.807) is 24.0 Å². The number of fused-ring (bicyclic) bond motifs is 1. The molecule has 0 bridgehead atoms. The topological polar surface area (TPSA) is 68.5 Å². The summed E-state index contributed by atoms with van der Waals surface area (Å²) in [6.45, 7) is 2.74. The highest BCUT2D eigenvalue weighted by molar-refractivity contribution is 7.16. The van der Waals surface area contributed by atoms with E-state index in [1.807, 2.05) is 22.9 Å². The zero-order valence-corrected chi connectivity index (χ0v) is 14.6. The highest BCUT2D eigenvalue weighted by atomic mass is 32.1. The summed E-state index contributed by atoms with van der Waals surface area (Å²) in [4.78, 5) is 14.4. The zero-order chi connectivity index (χ0) is 17.1. The molecule has 0 aliphatic heterocycles. The standard InChI is InChI=1S/C18H18N6S/c1-2-16-22-17(14-8-9-25-18(14)23-16)21-15(10-24-12-19-11-20-24)13-6-4-3-5-7-13/h3-9,11-12,15H,2,10H2,1H3,(H,21,22,23). The molecule has 0 saturated carbocycles. The molecule has 0 spiro atoms. The minimum atomic E-state index is 0.0330. The molecule has 3 aromatic heterocycles. The first kappa shape index (κ1) is 15.7. The number of aryl methyl sites for hydroxylation is 1. The quantitative estimate of drug-likeness (QED) is 0.574. The van der Waals surface area contributed by atoms with Crippen LogP contribution < -0.4 is 5.32 Å². The van der Waals surface area contributed by atoms with Gasteiger partial charge in [0.05, 0.1) is 18.0 Å². The molecule has 1 aromatic carbocycles. The summed E-state index contributed by atoms with van der Waals surface area (Å²) >= 11 is 1.64. The fraction of sp³-hybridized carbons (Fsp3) is 0.222. The molecular weight excluding hydrogens is 332 g/mol. The van der Waals surface area contributed by atoms with E-state index in [1.165, 1.54) is 5.56 Å². The Morgan fingerprint density at radius 1 is 1.16 bits per heavy atom. The van der Waals surface area contributed by atoms with Crippen LogP contribution in [0.1, 0.15) is 24.4 Å². The average Bonchev–Trinajstić information content (AvgIpc) is 3.33. The van der Waals surface area contributed by atoms with Gasteiger partial charge in [0.1, 0.15) is 29.1 Å². The van der Waals surface area contributed by atoms with Crippen LogP contribution in [0.2, 0.25) is 0 Å². The largest absolute Gasteiger partial charge is 0.361 e. The first-order valence-electron chi connectivity index (χ1n) is 8.21. The average molecular weight is 350 g/mol. The SMILES string of the molecule is CCc1nc(NC(Cn2cncn2)c2ccccc2)c2ccsc2n1. The van der Waals surface area contributed by atoms with E-state index >= 15 is 0 Å². The van der Waals surface area contributed by atoms with Crippen LogP contribution in [0.25, 0.3) is 10.2 Å². The predicted molar refractivity (Wildman–Crippen MR) is 99.6 cm³/mol. The number of thiophene rings is 1. The van der Waals surface area contributed by atoms with Gasteiger partial charge in [-0.05, 0) is 17.0 Å². The van der Waals surface area contributed by atoms with Crippen LogP contribution in [0.3, 0.4) is 0 Å². The van der Waals surface area contributed by atoms with Gasteiger partial charge in [-0.25, -0.2) is 15.0 Å². The van der Waals surface area contributed by atoms with Gasteiger partial charge in [0.15, 0.2) is 0 Å². The van der Waals surface area contributed by atoms with Crippen molar-refractivity contribution in [2.24, 2.45) is 0 Å². The van der Waals surface area contributed by atoms with E-state index in [2.05, 4.69) is 50.9 Å². The van der Waals surface area contributed by atoms with Gasteiger partial charge in [0.2, 0.25) is 0 Å². The molecule has 3 heterocycles. The predicted octanol–water partition coefficient (Wildman–Crippen LogP) is 3.70. The minimum absolute atomic E-state index is 0.0330. The summed E-state index contributed by atoms with van der Waals surface area (Å²) in [6.07, 6.45) is 4.09. The summed E-state index contributed by atoms with van der Waals surface area (Å²) in [5, 5.41) is 11.0. The highest BCUT2D eigenvalue weighted by Crippen LogP contribution is 2.29. The lowest BCUT2D eigenvalue weighted by Crippen LogP contribution is -2.19. The Morgan fingerprint density at radius 3 is 2.80 bits per heavy atom. The van der Waals surface area contributed by atoms with Crippen molar-refractivity contribution < 1.29 is 0 Å². The molecular formula is C18H18N6S. The maximum absolute atomic E-state index is 4.73. The van der Waals surface area contributed by atoms with E-state index in [4.69, 9.17) is 4.98 Å². The van der Waals surface area contributed by atoms with Crippen molar-refractivity contribution in [2.75, 3.05) is 5.32 Å². The van der Waals surface area contributed by atoms with Gasteiger partial charge in [-0.2, -0.15) is 5.10 Å². The number of anilines is 1. The van der Waals surface area contributed by atoms with Crippen LogP contribution >= 0.6 is 11.3 Å². The Bertz CT molecular complexity index is 948. The van der Waals surface area contributed by atoms with E-state index in [-0.39, 0.29) is 6.04 Å². The maximum atomic E-state index is 4.73. The number of benzene rings is 1. The summed E-state index contributed by atoms with van der Waals surface area (Å²) in [5.74, 6) is 1.72. The van der Waals surface area contributed by atoms with Crippen LogP contribution in [0.5, 0.6) is 0 Å². The molecule has 0 amide bonds. The third kappa shape index (κ3) is 3.36. The summed E-state index contributed by atoms with van der Waals surface area (Å²) in [5.41, 5.74) is 1.18. The van der Waals surface area contributed by atoms with Crippen LogP contribution in [0.4, 0.5) is 5.82 Å². The number of aromatic nitrogens is 5. The van der Waals surface area contributed by atoms with Crippen LogP contribution in [-0.4, -0.2) is 24.7 Å².